The highest BCUT2D eigenvalue weighted by atomic mass is 16.5. The van der Waals surface area contributed by atoms with E-state index in [1.807, 2.05) is 18.2 Å². The SMILES string of the molecule is COc1cc(CC=CC#N)cc(OC)c1OC. The van der Waals surface area contributed by atoms with Gasteiger partial charge in [0.2, 0.25) is 5.75 Å². The van der Waals surface area contributed by atoms with Gasteiger partial charge in [-0.15, -0.1) is 0 Å². The topological polar surface area (TPSA) is 51.5 Å². The van der Waals surface area contributed by atoms with Gasteiger partial charge in [0.25, 0.3) is 0 Å². The van der Waals surface area contributed by atoms with E-state index < -0.39 is 0 Å². The van der Waals surface area contributed by atoms with Crippen molar-refractivity contribution in [3.05, 3.63) is 29.8 Å². The molecule has 0 saturated carbocycles. The standard InChI is InChI=1S/C13H15NO3/c1-15-11-8-10(6-4-5-7-14)9-12(16-2)13(11)17-3/h4-5,8-9H,6H2,1-3H3. The molecule has 0 N–H and O–H groups in total. The summed E-state index contributed by atoms with van der Waals surface area (Å²) in [6, 6.07) is 5.68. The number of hydrogen-bond donors (Lipinski definition) is 0. The van der Waals surface area contributed by atoms with Crippen molar-refractivity contribution in [2.45, 2.75) is 6.42 Å². The van der Waals surface area contributed by atoms with Crippen molar-refractivity contribution in [3.8, 4) is 23.3 Å². The molecule has 0 saturated heterocycles. The van der Waals surface area contributed by atoms with E-state index in [-0.39, 0.29) is 0 Å². The summed E-state index contributed by atoms with van der Waals surface area (Å²) in [5.41, 5.74) is 0.992. The Morgan fingerprint density at radius 3 is 2.12 bits per heavy atom. The Labute approximate surface area is 101 Å². The largest absolute Gasteiger partial charge is 0.493 e. The average Bonchev–Trinajstić information content (AvgIpc) is 2.37. The molecule has 0 radical (unpaired) electrons. The number of nitrogens with zero attached hydrogens (tertiary/aromatic N) is 1. The van der Waals surface area contributed by atoms with Gasteiger partial charge in [0.05, 0.1) is 27.4 Å². The summed E-state index contributed by atoms with van der Waals surface area (Å²) < 4.78 is 15.7. The van der Waals surface area contributed by atoms with E-state index in [1.54, 1.807) is 27.4 Å². The van der Waals surface area contributed by atoms with Crippen LogP contribution in [0, 0.1) is 11.3 Å². The molecule has 1 rings (SSSR count). The Kier molecular flexibility index (Phi) is 4.89. The summed E-state index contributed by atoms with van der Waals surface area (Å²) >= 11 is 0. The Morgan fingerprint density at radius 1 is 1.12 bits per heavy atom. The van der Waals surface area contributed by atoms with Crippen LogP contribution in [0.25, 0.3) is 0 Å². The maximum absolute atomic E-state index is 8.42. The van der Waals surface area contributed by atoms with E-state index in [1.165, 1.54) is 6.08 Å². The van der Waals surface area contributed by atoms with Crippen LogP contribution in [-0.2, 0) is 6.42 Å². The first-order valence-corrected chi connectivity index (χ1v) is 5.10. The molecule has 0 aliphatic carbocycles. The molecule has 0 heterocycles. The van der Waals surface area contributed by atoms with Gasteiger partial charge in [-0.3, -0.25) is 0 Å². The smallest absolute Gasteiger partial charge is 0.203 e. The van der Waals surface area contributed by atoms with Crippen molar-refractivity contribution in [1.29, 1.82) is 5.26 Å². The monoisotopic (exact) mass is 233 g/mol. The second-order valence-corrected chi connectivity index (χ2v) is 3.27. The van der Waals surface area contributed by atoms with E-state index in [0.29, 0.717) is 23.7 Å². The maximum Gasteiger partial charge on any atom is 0.203 e. The highest BCUT2D eigenvalue weighted by Gasteiger charge is 2.12. The van der Waals surface area contributed by atoms with Crippen molar-refractivity contribution in [1.82, 2.24) is 0 Å². The number of ether oxygens (including phenoxy) is 3. The van der Waals surface area contributed by atoms with Gasteiger partial charge in [-0.2, -0.15) is 5.26 Å². The minimum Gasteiger partial charge on any atom is -0.493 e. The van der Waals surface area contributed by atoms with Crippen LogP contribution in [0.3, 0.4) is 0 Å². The molecule has 0 bridgehead atoms. The molecule has 0 unspecified atom stereocenters. The molecule has 0 aliphatic heterocycles. The number of rotatable bonds is 5. The van der Waals surface area contributed by atoms with Gasteiger partial charge >= 0.3 is 0 Å². The lowest BCUT2D eigenvalue weighted by molar-refractivity contribution is 0.324. The third-order valence-electron chi connectivity index (χ3n) is 2.27. The molecule has 0 spiro atoms. The van der Waals surface area contributed by atoms with Crippen molar-refractivity contribution in [2.75, 3.05) is 21.3 Å². The van der Waals surface area contributed by atoms with Crippen molar-refractivity contribution < 1.29 is 14.2 Å². The Bertz CT molecular complexity index is 421. The molecule has 4 heteroatoms. The van der Waals surface area contributed by atoms with Crippen LogP contribution in [0.4, 0.5) is 0 Å². The van der Waals surface area contributed by atoms with Crippen LogP contribution < -0.4 is 14.2 Å². The van der Waals surface area contributed by atoms with Gasteiger partial charge < -0.3 is 14.2 Å². The van der Waals surface area contributed by atoms with Gasteiger partial charge in [-0.05, 0) is 24.1 Å². The fourth-order valence-electron chi connectivity index (χ4n) is 1.50. The average molecular weight is 233 g/mol. The van der Waals surface area contributed by atoms with Crippen molar-refractivity contribution >= 4 is 0 Å². The van der Waals surface area contributed by atoms with Gasteiger partial charge in [0.1, 0.15) is 0 Å². The third kappa shape index (κ3) is 3.15. The predicted octanol–water partition coefficient (Wildman–Crippen LogP) is 2.33. The van der Waals surface area contributed by atoms with E-state index in [9.17, 15) is 0 Å². The van der Waals surface area contributed by atoms with Gasteiger partial charge in [-0.1, -0.05) is 6.08 Å². The summed E-state index contributed by atoms with van der Waals surface area (Å²) in [4.78, 5) is 0. The zero-order valence-electron chi connectivity index (χ0n) is 10.2. The first-order valence-electron chi connectivity index (χ1n) is 5.10. The first-order chi connectivity index (χ1) is 8.26. The zero-order valence-corrected chi connectivity index (χ0v) is 10.2. The quantitative estimate of drug-likeness (QED) is 0.732. The molecule has 1 aromatic carbocycles. The van der Waals surface area contributed by atoms with E-state index >= 15 is 0 Å². The lowest BCUT2D eigenvalue weighted by atomic mass is 10.1. The first kappa shape index (κ1) is 12.9. The minimum atomic E-state index is 0.572. The van der Waals surface area contributed by atoms with Crippen molar-refractivity contribution in [2.24, 2.45) is 0 Å². The molecule has 0 aliphatic rings. The summed E-state index contributed by atoms with van der Waals surface area (Å²) in [5.74, 6) is 1.81. The summed E-state index contributed by atoms with van der Waals surface area (Å²) in [7, 11) is 4.72. The lowest BCUT2D eigenvalue weighted by Gasteiger charge is -2.13. The highest BCUT2D eigenvalue weighted by Crippen LogP contribution is 2.38. The van der Waals surface area contributed by atoms with Crippen LogP contribution in [-0.4, -0.2) is 21.3 Å². The van der Waals surface area contributed by atoms with E-state index in [4.69, 9.17) is 19.5 Å². The number of nitriles is 1. The second kappa shape index (κ2) is 6.44. The summed E-state index contributed by atoms with van der Waals surface area (Å²) in [5, 5.41) is 8.42. The maximum atomic E-state index is 8.42. The Morgan fingerprint density at radius 2 is 1.71 bits per heavy atom. The fraction of sp³-hybridized carbons (Fsp3) is 0.308. The molecule has 0 aromatic heterocycles. The van der Waals surface area contributed by atoms with Crippen molar-refractivity contribution in [3.63, 3.8) is 0 Å². The molecular weight excluding hydrogens is 218 g/mol. The van der Waals surface area contributed by atoms with Gasteiger partial charge in [0, 0.05) is 6.08 Å². The van der Waals surface area contributed by atoms with Crippen LogP contribution in [0.5, 0.6) is 17.2 Å². The normalized spacial score (nSPS) is 10.0. The zero-order chi connectivity index (χ0) is 12.7. The second-order valence-electron chi connectivity index (χ2n) is 3.27. The Balaban J connectivity index is 3.09. The molecule has 0 atom stereocenters. The van der Waals surface area contributed by atoms with E-state index in [2.05, 4.69) is 0 Å². The third-order valence-corrected chi connectivity index (χ3v) is 2.27. The van der Waals surface area contributed by atoms with Crippen LogP contribution >= 0.6 is 0 Å². The number of methoxy groups -OCH3 is 3. The molecule has 90 valence electrons. The molecular formula is C13H15NO3. The highest BCUT2D eigenvalue weighted by molar-refractivity contribution is 5.54. The molecule has 1 aromatic rings. The number of hydrogen-bond acceptors (Lipinski definition) is 4. The summed E-state index contributed by atoms with van der Waals surface area (Å²) in [6.07, 6.45) is 3.87. The molecule has 0 amide bonds. The molecule has 17 heavy (non-hydrogen) atoms. The predicted molar refractivity (Wildman–Crippen MR) is 64.6 cm³/mol. The molecule has 0 fully saturated rings. The molecule has 4 nitrogen and oxygen atoms in total. The Hall–Kier alpha value is -2.15. The minimum absolute atomic E-state index is 0.572. The van der Waals surface area contributed by atoms with Gasteiger partial charge in [-0.25, -0.2) is 0 Å². The number of allylic oxidation sites excluding steroid dienone is 2. The van der Waals surface area contributed by atoms with Crippen LogP contribution in [0.2, 0.25) is 0 Å². The summed E-state index contributed by atoms with van der Waals surface area (Å²) in [6.45, 7) is 0. The van der Waals surface area contributed by atoms with Crippen LogP contribution in [0.1, 0.15) is 5.56 Å². The van der Waals surface area contributed by atoms with Gasteiger partial charge in [0.15, 0.2) is 11.5 Å². The van der Waals surface area contributed by atoms with Crippen LogP contribution in [0.15, 0.2) is 24.3 Å². The fourth-order valence-corrected chi connectivity index (χ4v) is 1.50. The lowest BCUT2D eigenvalue weighted by Crippen LogP contribution is -1.96. The van der Waals surface area contributed by atoms with E-state index in [0.717, 1.165) is 5.56 Å². The number of benzene rings is 1.